The summed E-state index contributed by atoms with van der Waals surface area (Å²) in [4.78, 5) is 59.1. The molecule has 2 aromatic rings. The first-order valence-electron chi connectivity index (χ1n) is 12.0. The highest BCUT2D eigenvalue weighted by Gasteiger charge is 2.55. The third kappa shape index (κ3) is 6.61. The van der Waals surface area contributed by atoms with Gasteiger partial charge in [0.25, 0.3) is 11.8 Å². The van der Waals surface area contributed by atoms with E-state index in [1.807, 2.05) is 36.1 Å². The van der Waals surface area contributed by atoms with Crippen LogP contribution in [0.25, 0.3) is 0 Å². The number of fused-ring (bicyclic) bond motifs is 1. The number of anilines is 2. The fourth-order valence-electron chi connectivity index (χ4n) is 3.90. The van der Waals surface area contributed by atoms with Gasteiger partial charge in [-0.05, 0) is 13.6 Å². The van der Waals surface area contributed by atoms with Gasteiger partial charge in [-0.15, -0.1) is 11.8 Å². The lowest BCUT2D eigenvalue weighted by Gasteiger charge is -2.49. The molecule has 2 aromatic heterocycles. The molecule has 1 fully saturated rings. The van der Waals surface area contributed by atoms with Crippen molar-refractivity contribution in [3.8, 4) is 0 Å². The molecular weight excluding hydrogens is 578 g/mol. The molecule has 7 N–H and O–H groups in total. The van der Waals surface area contributed by atoms with Crippen molar-refractivity contribution in [2.24, 2.45) is 5.16 Å². The molecule has 0 aliphatic carbocycles. The molecule has 2 amide bonds. The first-order valence-corrected chi connectivity index (χ1v) is 13.8. The number of carbonyl (C=O) groups is 4. The zero-order valence-corrected chi connectivity index (χ0v) is 23.2. The third-order valence-electron chi connectivity index (χ3n) is 5.86. The number of pyridine rings is 1. The van der Waals surface area contributed by atoms with Gasteiger partial charge in [-0.2, -0.15) is 9.36 Å². The summed E-state index contributed by atoms with van der Waals surface area (Å²) in [5.74, 6) is -5.10. The summed E-state index contributed by atoms with van der Waals surface area (Å²) in [6.45, 7) is 4.95. The zero-order chi connectivity index (χ0) is 29.7. The Balaban J connectivity index is 1.48. The summed E-state index contributed by atoms with van der Waals surface area (Å²) in [5, 5.41) is 30.5. The van der Waals surface area contributed by atoms with Gasteiger partial charge in [0.05, 0.1) is 0 Å². The highest BCUT2D eigenvalue weighted by Crippen LogP contribution is 2.40. The third-order valence-corrected chi connectivity index (χ3v) is 7.74. The van der Waals surface area contributed by atoms with Crippen molar-refractivity contribution in [2.75, 3.05) is 36.9 Å². The maximum Gasteiger partial charge on any atom is 0.374 e. The number of carboxylic acids is 2. The Hall–Kier alpha value is -4.55. The van der Waals surface area contributed by atoms with Crippen LogP contribution in [-0.2, 0) is 30.6 Å². The summed E-state index contributed by atoms with van der Waals surface area (Å²) >= 11 is 2.05. The van der Waals surface area contributed by atoms with E-state index in [1.54, 1.807) is 0 Å². The molecule has 2 atom stereocenters. The van der Waals surface area contributed by atoms with Crippen molar-refractivity contribution in [1.82, 2.24) is 24.9 Å². The summed E-state index contributed by atoms with van der Waals surface area (Å²) in [7, 11) is 1.86. The Kier molecular flexibility index (Phi) is 9.15. The monoisotopic (exact) mass is 604 g/mol. The second-order valence-electron chi connectivity index (χ2n) is 8.62. The number of nitrogens with one attached hydrogen (secondary N) is 3. The molecule has 216 valence electrons. The molecule has 0 spiro atoms. The maximum atomic E-state index is 13.1. The van der Waals surface area contributed by atoms with Crippen LogP contribution in [0.15, 0.2) is 53.3 Å². The number of nitrogen functional groups attached to an aromatic ring is 1. The van der Waals surface area contributed by atoms with E-state index in [0.29, 0.717) is 11.3 Å². The quantitative estimate of drug-likeness (QED) is 0.0301. The molecule has 4 heterocycles. The van der Waals surface area contributed by atoms with E-state index >= 15 is 0 Å². The summed E-state index contributed by atoms with van der Waals surface area (Å²) in [6, 6.07) is 2.65. The normalized spacial score (nSPS) is 18.3. The van der Waals surface area contributed by atoms with Gasteiger partial charge < -0.3 is 36.7 Å². The maximum absolute atomic E-state index is 13.1. The molecule has 0 bridgehead atoms. The van der Waals surface area contributed by atoms with Crippen LogP contribution < -0.4 is 26.3 Å². The smallest absolute Gasteiger partial charge is 0.374 e. The van der Waals surface area contributed by atoms with Crippen LogP contribution in [0, 0.1) is 0 Å². The van der Waals surface area contributed by atoms with Gasteiger partial charge in [-0.1, -0.05) is 5.16 Å². The Morgan fingerprint density at radius 2 is 2.02 bits per heavy atom. The van der Waals surface area contributed by atoms with Crippen LogP contribution in [0.5, 0.6) is 0 Å². The van der Waals surface area contributed by atoms with Gasteiger partial charge in [0, 0.05) is 53.8 Å². The highest BCUT2D eigenvalue weighted by atomic mass is 32.2. The number of thioether (sulfide) groups is 1. The predicted octanol–water partition coefficient (Wildman–Crippen LogP) is -1.20. The number of aliphatic carboxylic acids is 2. The van der Waals surface area contributed by atoms with Crippen LogP contribution in [0.2, 0.25) is 0 Å². The Bertz CT molecular complexity index is 1440. The van der Waals surface area contributed by atoms with Crippen LogP contribution in [-0.4, -0.2) is 91.2 Å². The predicted molar refractivity (Wildman–Crippen MR) is 147 cm³/mol. The molecule has 18 heteroatoms. The lowest BCUT2D eigenvalue weighted by molar-refractivity contribution is -0.688. The minimum atomic E-state index is -1.51. The van der Waals surface area contributed by atoms with Crippen molar-refractivity contribution in [1.29, 1.82) is 0 Å². The minimum absolute atomic E-state index is 0.00706. The fraction of sp³-hybridized carbons (Fsp3) is 0.304. The standard InChI is InChI=1S/C23H25N9O7S2/c1-11(21(35)36)39-29-14(17-28-23(24)41-30-17)18(33)27-15-19(34)32-16(22(37)38)12(10-40-20(15)32)9-31-7-3-13(4-8-31)26-6-5-25-2/h3-4,7-8,15,20,25H,1,5-6,9-10H2,2H3,(H5,24,27,28,30,33,35,36,37,38)/p+1/b29-14-. The number of β-lactam (4-membered cyclic amide) rings is 1. The van der Waals surface area contributed by atoms with E-state index in [2.05, 4.69) is 37.0 Å². The van der Waals surface area contributed by atoms with E-state index < -0.39 is 46.6 Å². The second-order valence-corrected chi connectivity index (χ2v) is 10.5. The number of hydrogen-bond acceptors (Lipinski definition) is 13. The topological polar surface area (TPSA) is 225 Å². The molecule has 2 aliphatic rings. The highest BCUT2D eigenvalue weighted by molar-refractivity contribution is 8.00. The average Bonchev–Trinajstić information content (AvgIpc) is 3.37. The Labute approximate surface area is 241 Å². The van der Waals surface area contributed by atoms with Crippen molar-refractivity contribution < 1.29 is 38.8 Å². The largest absolute Gasteiger partial charge is 0.477 e. The van der Waals surface area contributed by atoms with E-state index in [0.717, 1.165) is 35.2 Å². The van der Waals surface area contributed by atoms with Crippen LogP contribution in [0.1, 0.15) is 5.82 Å². The van der Waals surface area contributed by atoms with Gasteiger partial charge in [0.2, 0.25) is 17.3 Å². The van der Waals surface area contributed by atoms with Gasteiger partial charge in [-0.3, -0.25) is 14.5 Å². The van der Waals surface area contributed by atoms with E-state index in [4.69, 9.17) is 15.7 Å². The summed E-state index contributed by atoms with van der Waals surface area (Å²) in [6.07, 6.45) is 3.63. The molecule has 2 unspecified atom stereocenters. The number of aromatic nitrogens is 3. The van der Waals surface area contributed by atoms with Gasteiger partial charge in [0.15, 0.2) is 24.1 Å². The Morgan fingerprint density at radius 1 is 1.29 bits per heavy atom. The zero-order valence-electron chi connectivity index (χ0n) is 21.6. The number of rotatable bonds is 13. The van der Waals surface area contributed by atoms with Gasteiger partial charge >= 0.3 is 11.9 Å². The molecule has 2 aliphatic heterocycles. The molecular formula is C23H26N9O7S2+. The first kappa shape index (κ1) is 29.4. The SMILES string of the molecule is C=C(O/N=C(\C(=O)NC1C(=O)N2C(C(=O)O)=C(C[n+]3ccc(NCCNC)cc3)CSC12)c1nsc(N)n1)C(=O)O. The molecule has 0 saturated carbocycles. The lowest BCUT2D eigenvalue weighted by Crippen LogP contribution is -2.71. The van der Waals surface area contributed by atoms with E-state index in [-0.39, 0.29) is 23.2 Å². The number of hydrogen-bond donors (Lipinski definition) is 6. The number of likely N-dealkylation sites (N-methyl/N-ethyl adjacent to an activating group) is 1. The number of nitrogens with two attached hydrogens (primary N) is 1. The lowest BCUT2D eigenvalue weighted by atomic mass is 10.0. The first-order chi connectivity index (χ1) is 19.6. The van der Waals surface area contributed by atoms with Crippen molar-refractivity contribution >= 4 is 63.6 Å². The van der Waals surface area contributed by atoms with Crippen molar-refractivity contribution in [3.05, 3.63) is 54.0 Å². The molecule has 41 heavy (non-hydrogen) atoms. The van der Waals surface area contributed by atoms with Gasteiger partial charge in [-0.25, -0.2) is 14.2 Å². The number of carbonyl (C=O) groups excluding carboxylic acids is 2. The van der Waals surface area contributed by atoms with Gasteiger partial charge in [0.1, 0.15) is 17.1 Å². The number of nitrogens with zero attached hydrogens (tertiary/aromatic N) is 5. The van der Waals surface area contributed by atoms with E-state index in [9.17, 15) is 24.3 Å². The van der Waals surface area contributed by atoms with Crippen molar-refractivity contribution in [2.45, 2.75) is 18.0 Å². The number of carboxylic acid groups (broad SMARTS) is 2. The number of oxime groups is 1. The Morgan fingerprint density at radius 3 is 2.63 bits per heavy atom. The number of amides is 2. The van der Waals surface area contributed by atoms with Crippen LogP contribution in [0.4, 0.5) is 10.8 Å². The summed E-state index contributed by atoms with van der Waals surface area (Å²) < 4.78 is 5.69. The van der Waals surface area contributed by atoms with E-state index in [1.165, 1.54) is 11.8 Å². The molecule has 1 saturated heterocycles. The van der Waals surface area contributed by atoms with Crippen molar-refractivity contribution in [3.63, 3.8) is 0 Å². The summed E-state index contributed by atoms with van der Waals surface area (Å²) in [5.41, 5.74) is 6.35. The molecule has 4 rings (SSSR count). The molecule has 0 radical (unpaired) electrons. The molecule has 0 aromatic carbocycles. The minimum Gasteiger partial charge on any atom is -0.477 e. The van der Waals surface area contributed by atoms with Crippen LogP contribution in [0.3, 0.4) is 0 Å². The average molecular weight is 605 g/mol. The van der Waals surface area contributed by atoms with Crippen LogP contribution >= 0.6 is 23.3 Å². The molecule has 16 nitrogen and oxygen atoms in total. The second kappa shape index (κ2) is 12.7. The fourth-order valence-corrected chi connectivity index (χ4v) is 5.67.